The molecule has 2 N–H and O–H groups in total. The summed E-state index contributed by atoms with van der Waals surface area (Å²) >= 11 is 0. The molecule has 0 fully saturated rings. The van der Waals surface area contributed by atoms with Crippen LogP contribution in [0, 0.1) is 10.1 Å². The Kier molecular flexibility index (Phi) is 3.61. The average Bonchev–Trinajstić information content (AvgIpc) is 2.95. The van der Waals surface area contributed by atoms with Crippen molar-refractivity contribution in [2.45, 2.75) is 6.92 Å². The lowest BCUT2D eigenvalue weighted by atomic mass is 10.2. The van der Waals surface area contributed by atoms with Crippen LogP contribution in [0.4, 0.5) is 17.1 Å². The molecular weight excluding hydrogens is 284 g/mol. The van der Waals surface area contributed by atoms with Gasteiger partial charge in [-0.1, -0.05) is 0 Å². The smallest absolute Gasteiger partial charge is 0.311 e. The Morgan fingerprint density at radius 2 is 2.05 bits per heavy atom. The van der Waals surface area contributed by atoms with E-state index in [0.29, 0.717) is 6.61 Å². The van der Waals surface area contributed by atoms with E-state index in [1.165, 1.54) is 6.07 Å². The highest BCUT2D eigenvalue weighted by Crippen LogP contribution is 2.31. The van der Waals surface area contributed by atoms with Crippen LogP contribution in [-0.4, -0.2) is 21.7 Å². The maximum absolute atomic E-state index is 11.0. The van der Waals surface area contributed by atoms with Gasteiger partial charge in [0.15, 0.2) is 5.75 Å². The Bertz CT molecular complexity index is 829. The van der Waals surface area contributed by atoms with Crippen LogP contribution in [0.1, 0.15) is 6.92 Å². The highest BCUT2D eigenvalue weighted by atomic mass is 16.6. The molecule has 0 spiro atoms. The fourth-order valence-corrected chi connectivity index (χ4v) is 2.20. The second-order valence-electron chi connectivity index (χ2n) is 4.67. The van der Waals surface area contributed by atoms with Gasteiger partial charge < -0.3 is 10.1 Å². The van der Waals surface area contributed by atoms with Crippen LogP contribution in [-0.2, 0) is 0 Å². The number of anilines is 2. The van der Waals surface area contributed by atoms with Crippen molar-refractivity contribution in [1.82, 2.24) is 10.2 Å². The number of rotatable bonds is 5. The van der Waals surface area contributed by atoms with Gasteiger partial charge in [0.2, 0.25) is 0 Å². The van der Waals surface area contributed by atoms with Crippen molar-refractivity contribution >= 4 is 28.0 Å². The molecule has 0 saturated carbocycles. The van der Waals surface area contributed by atoms with Gasteiger partial charge in [-0.05, 0) is 31.2 Å². The van der Waals surface area contributed by atoms with Crippen LogP contribution in [0.25, 0.3) is 10.9 Å². The minimum atomic E-state index is -0.452. The Hall–Kier alpha value is -3.09. The number of aromatic nitrogens is 2. The van der Waals surface area contributed by atoms with Crippen LogP contribution in [0.15, 0.2) is 42.6 Å². The predicted octanol–water partition coefficient (Wildman–Crippen LogP) is 3.61. The fraction of sp³-hybridized carbons (Fsp3) is 0.133. The summed E-state index contributed by atoms with van der Waals surface area (Å²) in [5.74, 6) is 0.252. The minimum absolute atomic E-state index is 0.0438. The topological polar surface area (TPSA) is 93.1 Å². The molecule has 0 aliphatic carbocycles. The maximum atomic E-state index is 11.0. The van der Waals surface area contributed by atoms with Crippen molar-refractivity contribution in [1.29, 1.82) is 0 Å². The zero-order valence-corrected chi connectivity index (χ0v) is 11.9. The number of benzene rings is 2. The number of nitrogens with one attached hydrogen (secondary N) is 2. The predicted molar refractivity (Wildman–Crippen MR) is 83.6 cm³/mol. The zero-order valence-electron chi connectivity index (χ0n) is 11.9. The number of nitro benzene ring substituents is 1. The molecule has 0 radical (unpaired) electrons. The lowest BCUT2D eigenvalue weighted by Crippen LogP contribution is -1.99. The molecular formula is C15H14N4O3. The van der Waals surface area contributed by atoms with Crippen LogP contribution < -0.4 is 10.1 Å². The number of nitrogens with zero attached hydrogens (tertiary/aromatic N) is 2. The highest BCUT2D eigenvalue weighted by molar-refractivity contribution is 5.83. The molecule has 112 valence electrons. The summed E-state index contributed by atoms with van der Waals surface area (Å²) < 4.78 is 5.34. The van der Waals surface area contributed by atoms with Gasteiger partial charge in [-0.25, -0.2) is 0 Å². The van der Waals surface area contributed by atoms with Gasteiger partial charge in [0.05, 0.1) is 23.2 Å². The van der Waals surface area contributed by atoms with E-state index in [9.17, 15) is 10.1 Å². The van der Waals surface area contributed by atoms with Gasteiger partial charge >= 0.3 is 5.69 Å². The summed E-state index contributed by atoms with van der Waals surface area (Å²) in [7, 11) is 0. The van der Waals surface area contributed by atoms with Crippen LogP contribution >= 0.6 is 0 Å². The zero-order chi connectivity index (χ0) is 15.5. The molecule has 3 rings (SSSR count). The van der Waals surface area contributed by atoms with E-state index < -0.39 is 4.92 Å². The van der Waals surface area contributed by atoms with Gasteiger partial charge in [0.25, 0.3) is 0 Å². The first-order valence-electron chi connectivity index (χ1n) is 6.79. The molecule has 7 nitrogen and oxygen atoms in total. The number of hydrogen-bond donors (Lipinski definition) is 2. The number of H-pyrrole nitrogens is 1. The Morgan fingerprint density at radius 3 is 2.82 bits per heavy atom. The molecule has 0 amide bonds. The lowest BCUT2D eigenvalue weighted by Gasteiger charge is -2.09. The van der Waals surface area contributed by atoms with Crippen LogP contribution in [0.5, 0.6) is 5.75 Å². The summed E-state index contributed by atoms with van der Waals surface area (Å²) in [6.45, 7) is 2.15. The molecule has 2 aromatic carbocycles. The molecule has 0 atom stereocenters. The fourth-order valence-electron chi connectivity index (χ4n) is 2.20. The van der Waals surface area contributed by atoms with E-state index in [1.807, 2.05) is 18.2 Å². The number of ether oxygens (including phenoxy) is 1. The first-order chi connectivity index (χ1) is 10.7. The third-order valence-electron chi connectivity index (χ3n) is 3.19. The van der Waals surface area contributed by atoms with Gasteiger partial charge in [0.1, 0.15) is 0 Å². The molecule has 0 aliphatic rings. The van der Waals surface area contributed by atoms with Gasteiger partial charge in [0, 0.05) is 28.9 Å². The summed E-state index contributed by atoms with van der Waals surface area (Å²) in [6, 6.07) is 10.5. The van der Waals surface area contributed by atoms with Crippen molar-refractivity contribution in [2.75, 3.05) is 11.9 Å². The summed E-state index contributed by atoms with van der Waals surface area (Å²) in [6.07, 6.45) is 1.74. The van der Waals surface area contributed by atoms with E-state index in [-0.39, 0.29) is 11.4 Å². The van der Waals surface area contributed by atoms with Crippen LogP contribution in [0.2, 0.25) is 0 Å². The highest BCUT2D eigenvalue weighted by Gasteiger charge is 2.15. The van der Waals surface area contributed by atoms with Crippen molar-refractivity contribution in [2.24, 2.45) is 0 Å². The maximum Gasteiger partial charge on any atom is 0.311 e. The van der Waals surface area contributed by atoms with E-state index in [2.05, 4.69) is 15.5 Å². The number of aromatic amines is 1. The lowest BCUT2D eigenvalue weighted by molar-refractivity contribution is -0.385. The van der Waals surface area contributed by atoms with Gasteiger partial charge in [-0.15, -0.1) is 0 Å². The Labute approximate surface area is 126 Å². The van der Waals surface area contributed by atoms with Crippen molar-refractivity contribution in [3.05, 3.63) is 52.7 Å². The second kappa shape index (κ2) is 5.72. The minimum Gasteiger partial charge on any atom is -0.487 e. The molecule has 22 heavy (non-hydrogen) atoms. The SMILES string of the molecule is CCOc1cc(Nc2ccc3[nH]ncc3c2)ccc1[N+](=O)[O-]. The summed E-state index contributed by atoms with van der Waals surface area (Å²) in [4.78, 5) is 10.5. The Morgan fingerprint density at radius 1 is 1.27 bits per heavy atom. The van der Waals surface area contributed by atoms with Crippen molar-refractivity contribution in [3.63, 3.8) is 0 Å². The second-order valence-corrected chi connectivity index (χ2v) is 4.67. The molecule has 0 unspecified atom stereocenters. The first-order valence-corrected chi connectivity index (χ1v) is 6.79. The third-order valence-corrected chi connectivity index (χ3v) is 3.19. The molecule has 1 heterocycles. The molecule has 0 aliphatic heterocycles. The quantitative estimate of drug-likeness (QED) is 0.554. The monoisotopic (exact) mass is 298 g/mol. The van der Waals surface area contributed by atoms with E-state index in [1.54, 1.807) is 25.3 Å². The van der Waals surface area contributed by atoms with Crippen molar-refractivity contribution in [3.8, 4) is 5.75 Å². The largest absolute Gasteiger partial charge is 0.487 e. The average molecular weight is 298 g/mol. The van der Waals surface area contributed by atoms with Crippen LogP contribution in [0.3, 0.4) is 0 Å². The van der Waals surface area contributed by atoms with E-state index in [4.69, 9.17) is 4.74 Å². The molecule has 0 saturated heterocycles. The number of nitro groups is 1. The van der Waals surface area contributed by atoms with E-state index in [0.717, 1.165) is 22.3 Å². The molecule has 3 aromatic rings. The summed E-state index contributed by atoms with van der Waals surface area (Å²) in [5.41, 5.74) is 2.49. The Balaban J connectivity index is 1.90. The molecule has 1 aromatic heterocycles. The van der Waals surface area contributed by atoms with Gasteiger partial charge in [-0.3, -0.25) is 15.2 Å². The van der Waals surface area contributed by atoms with E-state index >= 15 is 0 Å². The first kappa shape index (κ1) is 13.9. The number of fused-ring (bicyclic) bond motifs is 1. The molecule has 0 bridgehead atoms. The third kappa shape index (κ3) is 2.69. The van der Waals surface area contributed by atoms with Gasteiger partial charge in [-0.2, -0.15) is 5.10 Å². The molecule has 7 heteroatoms. The normalized spacial score (nSPS) is 10.6. The van der Waals surface area contributed by atoms with Crippen molar-refractivity contribution < 1.29 is 9.66 Å². The standard InChI is InChI=1S/C15H14N4O3/c1-2-22-15-8-12(4-6-14(15)19(20)21)17-11-3-5-13-10(7-11)9-16-18-13/h3-9,17H,2H2,1H3,(H,16,18). The summed E-state index contributed by atoms with van der Waals surface area (Å²) in [5, 5.41) is 22.0. The number of hydrogen-bond acceptors (Lipinski definition) is 5.